The summed E-state index contributed by atoms with van der Waals surface area (Å²) in [5, 5.41) is 13.2. The molecule has 2 atom stereocenters. The SMILES string of the molecule is N#C[C@@H]1CC[C@@H](Nc2ncnc3[nH]cc(C(=O)c4ccc(Oc5ccccc5)cc4Cl)c23)CO1. The maximum atomic E-state index is 13.4. The molecule has 0 radical (unpaired) electrons. The number of fused-ring (bicyclic) bond motifs is 1. The summed E-state index contributed by atoms with van der Waals surface area (Å²) in [6.45, 7) is 0.381. The number of aromatic nitrogens is 3. The Labute approximate surface area is 200 Å². The number of H-pyrrole nitrogens is 1. The lowest BCUT2D eigenvalue weighted by Gasteiger charge is -2.26. The summed E-state index contributed by atoms with van der Waals surface area (Å²) in [5.74, 6) is 1.48. The number of ether oxygens (including phenoxy) is 2. The highest BCUT2D eigenvalue weighted by Gasteiger charge is 2.25. The van der Waals surface area contributed by atoms with Crippen molar-refractivity contribution in [1.82, 2.24) is 15.0 Å². The maximum Gasteiger partial charge on any atom is 0.196 e. The van der Waals surface area contributed by atoms with Crippen LogP contribution in [0.25, 0.3) is 11.0 Å². The highest BCUT2D eigenvalue weighted by molar-refractivity contribution is 6.35. The number of nitrogens with one attached hydrogen (secondary N) is 2. The second-order valence-corrected chi connectivity index (χ2v) is 8.31. The van der Waals surface area contributed by atoms with Crippen LogP contribution in [0.15, 0.2) is 61.1 Å². The minimum Gasteiger partial charge on any atom is -0.457 e. The number of carbonyl (C=O) groups is 1. The van der Waals surface area contributed by atoms with Crippen molar-refractivity contribution in [3.05, 3.63) is 77.2 Å². The molecule has 0 bridgehead atoms. The molecule has 1 fully saturated rings. The van der Waals surface area contributed by atoms with Gasteiger partial charge >= 0.3 is 0 Å². The molecule has 5 rings (SSSR count). The Morgan fingerprint density at radius 3 is 2.74 bits per heavy atom. The lowest BCUT2D eigenvalue weighted by Crippen LogP contribution is -2.34. The normalized spacial score (nSPS) is 17.8. The number of hydrogen-bond acceptors (Lipinski definition) is 7. The first kappa shape index (κ1) is 21.9. The molecule has 1 aliphatic rings. The zero-order valence-corrected chi connectivity index (χ0v) is 18.7. The lowest BCUT2D eigenvalue weighted by molar-refractivity contribution is 0.0434. The van der Waals surface area contributed by atoms with Crippen molar-refractivity contribution in [2.45, 2.75) is 25.0 Å². The number of carbonyl (C=O) groups excluding carboxylic acids is 1. The predicted octanol–water partition coefficient (Wildman–Crippen LogP) is 5.12. The van der Waals surface area contributed by atoms with Crippen molar-refractivity contribution in [3.63, 3.8) is 0 Å². The number of rotatable bonds is 6. The molecule has 4 aromatic rings. The van der Waals surface area contributed by atoms with Crippen LogP contribution >= 0.6 is 11.6 Å². The van der Waals surface area contributed by atoms with E-state index in [-0.39, 0.29) is 23.0 Å². The number of nitriles is 1. The van der Waals surface area contributed by atoms with Crippen LogP contribution in [0.1, 0.15) is 28.8 Å². The zero-order valence-electron chi connectivity index (χ0n) is 18.0. The fraction of sp³-hybridized carbons (Fsp3) is 0.200. The van der Waals surface area contributed by atoms with Gasteiger partial charge in [0.15, 0.2) is 5.78 Å². The molecule has 3 heterocycles. The molecule has 2 aromatic carbocycles. The van der Waals surface area contributed by atoms with E-state index in [1.807, 2.05) is 30.3 Å². The van der Waals surface area contributed by atoms with Crippen LogP contribution < -0.4 is 10.1 Å². The quantitative estimate of drug-likeness (QED) is 0.374. The lowest BCUT2D eigenvalue weighted by atomic mass is 10.0. The fourth-order valence-corrected chi connectivity index (χ4v) is 4.18. The molecular formula is C25H20ClN5O3. The van der Waals surface area contributed by atoms with Gasteiger partial charge in [0.05, 0.1) is 34.7 Å². The summed E-state index contributed by atoms with van der Waals surface area (Å²) in [5.41, 5.74) is 1.28. The van der Waals surface area contributed by atoms with E-state index in [0.29, 0.717) is 52.5 Å². The number of ketones is 1. The molecule has 2 aromatic heterocycles. The Morgan fingerprint density at radius 2 is 2.00 bits per heavy atom. The van der Waals surface area contributed by atoms with E-state index in [1.54, 1.807) is 24.4 Å². The Balaban J connectivity index is 1.41. The number of para-hydroxylation sites is 1. The standard InChI is InChI=1S/C25H20ClN5O3/c26-21-10-17(34-16-4-2-1-3-5-16)8-9-19(21)23(32)20-12-28-24-22(20)25(30-14-29-24)31-15-6-7-18(11-27)33-13-15/h1-5,8-10,12,14-15,18H,6-7,13H2,(H2,28,29,30,31)/t15-,18+/m1/s1. The highest BCUT2D eigenvalue weighted by Crippen LogP contribution is 2.31. The third kappa shape index (κ3) is 4.44. The zero-order chi connectivity index (χ0) is 23.5. The van der Waals surface area contributed by atoms with Gasteiger partial charge in [-0.25, -0.2) is 9.97 Å². The van der Waals surface area contributed by atoms with Crippen LogP contribution in [0.3, 0.4) is 0 Å². The van der Waals surface area contributed by atoms with E-state index in [1.165, 1.54) is 6.33 Å². The third-order valence-electron chi connectivity index (χ3n) is 5.64. The van der Waals surface area contributed by atoms with Crippen LogP contribution in [-0.4, -0.2) is 39.5 Å². The van der Waals surface area contributed by atoms with Gasteiger partial charge < -0.3 is 19.8 Å². The van der Waals surface area contributed by atoms with Crippen molar-refractivity contribution in [1.29, 1.82) is 5.26 Å². The molecule has 2 N–H and O–H groups in total. The summed E-state index contributed by atoms with van der Waals surface area (Å²) in [6.07, 6.45) is 4.05. The Kier molecular flexibility index (Phi) is 6.12. The van der Waals surface area contributed by atoms with E-state index < -0.39 is 0 Å². The fourth-order valence-electron chi connectivity index (χ4n) is 3.93. The van der Waals surface area contributed by atoms with Crippen LogP contribution in [0.4, 0.5) is 5.82 Å². The molecule has 8 nitrogen and oxygen atoms in total. The molecule has 9 heteroatoms. The largest absolute Gasteiger partial charge is 0.457 e. The number of benzene rings is 2. The van der Waals surface area contributed by atoms with Crippen molar-refractivity contribution in [2.24, 2.45) is 0 Å². The Bertz CT molecular complexity index is 1370. The van der Waals surface area contributed by atoms with Crippen LogP contribution in [0.5, 0.6) is 11.5 Å². The van der Waals surface area contributed by atoms with Gasteiger partial charge in [0.2, 0.25) is 0 Å². The van der Waals surface area contributed by atoms with Gasteiger partial charge in [0.25, 0.3) is 0 Å². The van der Waals surface area contributed by atoms with Crippen molar-refractivity contribution < 1.29 is 14.3 Å². The first-order chi connectivity index (χ1) is 16.6. The number of hydrogen-bond donors (Lipinski definition) is 2. The van der Waals surface area contributed by atoms with Gasteiger partial charge in [-0.05, 0) is 37.1 Å². The van der Waals surface area contributed by atoms with Crippen LogP contribution in [0, 0.1) is 11.3 Å². The molecule has 0 amide bonds. The average molecular weight is 474 g/mol. The summed E-state index contributed by atoms with van der Waals surface area (Å²) in [6, 6.07) is 16.4. The Hall–Kier alpha value is -3.93. The number of aromatic amines is 1. The van der Waals surface area contributed by atoms with Crippen molar-refractivity contribution in [2.75, 3.05) is 11.9 Å². The van der Waals surface area contributed by atoms with Gasteiger partial charge in [-0.3, -0.25) is 4.79 Å². The first-order valence-electron chi connectivity index (χ1n) is 10.8. The predicted molar refractivity (Wildman–Crippen MR) is 127 cm³/mol. The third-order valence-corrected chi connectivity index (χ3v) is 5.95. The van der Waals surface area contributed by atoms with E-state index in [4.69, 9.17) is 26.3 Å². The molecule has 0 aliphatic carbocycles. The van der Waals surface area contributed by atoms with Gasteiger partial charge in [-0.1, -0.05) is 29.8 Å². The summed E-state index contributed by atoms with van der Waals surface area (Å²) in [4.78, 5) is 25.1. The average Bonchev–Trinajstić information content (AvgIpc) is 3.30. The molecular weight excluding hydrogens is 454 g/mol. The van der Waals surface area contributed by atoms with Gasteiger partial charge in [-0.2, -0.15) is 5.26 Å². The van der Waals surface area contributed by atoms with Gasteiger partial charge in [-0.15, -0.1) is 0 Å². The molecule has 34 heavy (non-hydrogen) atoms. The van der Waals surface area contributed by atoms with E-state index in [2.05, 4.69) is 26.3 Å². The molecule has 0 saturated carbocycles. The smallest absolute Gasteiger partial charge is 0.196 e. The molecule has 0 unspecified atom stereocenters. The summed E-state index contributed by atoms with van der Waals surface area (Å²) < 4.78 is 11.4. The van der Waals surface area contributed by atoms with Crippen molar-refractivity contribution in [3.8, 4) is 17.6 Å². The van der Waals surface area contributed by atoms with E-state index in [0.717, 1.165) is 6.42 Å². The topological polar surface area (TPSA) is 113 Å². The second-order valence-electron chi connectivity index (χ2n) is 7.90. The molecule has 170 valence electrons. The first-order valence-corrected chi connectivity index (χ1v) is 11.2. The summed E-state index contributed by atoms with van der Waals surface area (Å²) >= 11 is 6.48. The number of anilines is 1. The van der Waals surface area contributed by atoms with Gasteiger partial charge in [0.1, 0.15) is 35.4 Å². The summed E-state index contributed by atoms with van der Waals surface area (Å²) in [7, 11) is 0. The Morgan fingerprint density at radius 1 is 1.15 bits per heavy atom. The monoisotopic (exact) mass is 473 g/mol. The molecule has 1 aliphatic heterocycles. The highest BCUT2D eigenvalue weighted by atomic mass is 35.5. The van der Waals surface area contributed by atoms with Crippen LogP contribution in [-0.2, 0) is 4.74 Å². The minimum absolute atomic E-state index is 0.0291. The van der Waals surface area contributed by atoms with Crippen LogP contribution in [0.2, 0.25) is 5.02 Å². The van der Waals surface area contributed by atoms with Gasteiger partial charge in [0, 0.05) is 17.8 Å². The minimum atomic E-state index is -0.385. The van der Waals surface area contributed by atoms with E-state index in [9.17, 15) is 4.79 Å². The maximum absolute atomic E-state index is 13.4. The van der Waals surface area contributed by atoms with Crippen molar-refractivity contribution >= 4 is 34.2 Å². The number of halogens is 1. The molecule has 1 saturated heterocycles. The van der Waals surface area contributed by atoms with E-state index >= 15 is 0 Å². The second kappa shape index (κ2) is 9.51. The molecule has 0 spiro atoms. The number of nitrogens with zero attached hydrogens (tertiary/aromatic N) is 3.